The number of carbonyl (C=O) groups is 1. The van der Waals surface area contributed by atoms with Crippen molar-refractivity contribution in [1.82, 2.24) is 19.5 Å². The molecule has 4 heterocycles. The number of nitrogens with zero attached hydrogens (tertiary/aromatic N) is 4. The van der Waals surface area contributed by atoms with Crippen molar-refractivity contribution >= 4 is 22.3 Å². The summed E-state index contributed by atoms with van der Waals surface area (Å²) >= 11 is 0. The Morgan fingerprint density at radius 2 is 2.03 bits per heavy atom. The summed E-state index contributed by atoms with van der Waals surface area (Å²) < 4.78 is 1.73. The lowest BCUT2D eigenvalue weighted by atomic mass is 9.94. The second kappa shape index (κ2) is 6.97. The molecule has 1 aromatic carbocycles. The van der Waals surface area contributed by atoms with Gasteiger partial charge in [-0.1, -0.05) is 24.3 Å². The van der Waals surface area contributed by atoms with Crippen LogP contribution >= 0.6 is 0 Å². The topological polar surface area (TPSA) is 70.7 Å². The van der Waals surface area contributed by atoms with E-state index in [1.807, 2.05) is 55.7 Å². The van der Waals surface area contributed by atoms with Crippen molar-refractivity contribution in [2.45, 2.75) is 19.4 Å². The molecule has 1 amide bonds. The molecule has 1 N–H and O–H groups in total. The number of hydrogen-bond donors (Lipinski definition) is 1. The highest BCUT2D eigenvalue weighted by Gasteiger charge is 2.35. The normalized spacial score (nSPS) is 19.3. The third kappa shape index (κ3) is 3.15. The van der Waals surface area contributed by atoms with Crippen molar-refractivity contribution in [1.29, 1.82) is 0 Å². The molecular formula is C23H22N4O2. The molecule has 0 bridgehead atoms. The first-order valence-electron chi connectivity index (χ1n) is 9.84. The van der Waals surface area contributed by atoms with Gasteiger partial charge in [0.2, 0.25) is 0 Å². The first-order chi connectivity index (χ1) is 14.1. The van der Waals surface area contributed by atoms with Crippen LogP contribution in [0.1, 0.15) is 21.5 Å². The number of aromatic nitrogens is 3. The van der Waals surface area contributed by atoms with Gasteiger partial charge < -0.3 is 10.0 Å². The van der Waals surface area contributed by atoms with Gasteiger partial charge in [-0.05, 0) is 42.7 Å². The molecule has 0 saturated carbocycles. The predicted octanol–water partition coefficient (Wildman–Crippen LogP) is 2.87. The number of pyridine rings is 2. The molecule has 3 aromatic heterocycles. The van der Waals surface area contributed by atoms with Crippen LogP contribution < -0.4 is 0 Å². The van der Waals surface area contributed by atoms with E-state index >= 15 is 0 Å². The zero-order valence-corrected chi connectivity index (χ0v) is 16.2. The molecule has 1 aliphatic heterocycles. The van der Waals surface area contributed by atoms with E-state index < -0.39 is 6.10 Å². The average Bonchev–Trinajstić information content (AvgIpc) is 3.31. The van der Waals surface area contributed by atoms with Crippen LogP contribution in [0.2, 0.25) is 0 Å². The number of amides is 1. The number of fused-ring (bicyclic) bond motifs is 2. The Morgan fingerprint density at radius 3 is 2.93 bits per heavy atom. The number of carbonyl (C=O) groups excluding carboxylic acids is 1. The number of benzene rings is 1. The number of hydrogen-bond acceptors (Lipinski definition) is 4. The third-order valence-corrected chi connectivity index (χ3v) is 5.81. The summed E-state index contributed by atoms with van der Waals surface area (Å²) in [5.41, 5.74) is 4.55. The summed E-state index contributed by atoms with van der Waals surface area (Å²) in [6.07, 6.45) is 5.50. The van der Waals surface area contributed by atoms with E-state index in [-0.39, 0.29) is 11.8 Å². The van der Waals surface area contributed by atoms with E-state index in [4.69, 9.17) is 0 Å². The quantitative estimate of drug-likeness (QED) is 0.588. The summed E-state index contributed by atoms with van der Waals surface area (Å²) in [5.74, 6) is -0.0844. The molecule has 146 valence electrons. The van der Waals surface area contributed by atoms with E-state index in [0.717, 1.165) is 27.5 Å². The molecule has 0 radical (unpaired) electrons. The lowest BCUT2D eigenvalue weighted by Crippen LogP contribution is -2.29. The van der Waals surface area contributed by atoms with Crippen LogP contribution in [-0.2, 0) is 6.42 Å². The fourth-order valence-corrected chi connectivity index (χ4v) is 4.26. The van der Waals surface area contributed by atoms with Gasteiger partial charge in [0.1, 0.15) is 0 Å². The Kier molecular flexibility index (Phi) is 4.28. The summed E-state index contributed by atoms with van der Waals surface area (Å²) in [4.78, 5) is 19.3. The number of β-amino-alcohol motifs (C(OH)–C–C–N with tert-alkyl or cyclic N) is 1. The maximum Gasteiger partial charge on any atom is 0.257 e. The average molecular weight is 386 g/mol. The Labute approximate surface area is 168 Å². The minimum absolute atomic E-state index is 0.00570. The van der Waals surface area contributed by atoms with E-state index in [0.29, 0.717) is 25.1 Å². The molecule has 1 saturated heterocycles. The molecule has 0 unspecified atom stereocenters. The van der Waals surface area contributed by atoms with Gasteiger partial charge in [-0.3, -0.25) is 9.78 Å². The highest BCUT2D eigenvalue weighted by molar-refractivity contribution is 6.00. The molecule has 6 heteroatoms. The minimum atomic E-state index is -0.546. The van der Waals surface area contributed by atoms with Crippen LogP contribution in [0.3, 0.4) is 0 Å². The van der Waals surface area contributed by atoms with E-state index in [2.05, 4.69) is 16.1 Å². The van der Waals surface area contributed by atoms with Crippen LogP contribution in [0.25, 0.3) is 16.4 Å². The van der Waals surface area contributed by atoms with Crippen LogP contribution in [0.4, 0.5) is 0 Å². The lowest BCUT2D eigenvalue weighted by molar-refractivity contribution is 0.0766. The second-order valence-electron chi connectivity index (χ2n) is 7.82. The summed E-state index contributed by atoms with van der Waals surface area (Å²) in [6, 6.07) is 13.9. The van der Waals surface area contributed by atoms with Gasteiger partial charge in [-0.2, -0.15) is 5.10 Å². The predicted molar refractivity (Wildman–Crippen MR) is 111 cm³/mol. The fourth-order valence-electron chi connectivity index (χ4n) is 4.26. The maximum atomic E-state index is 13.1. The molecule has 0 aliphatic carbocycles. The standard InChI is InChI=1S/C23H22N4O2/c1-15-6-7-21-19(11-25-27(21)12-15)23(29)26-13-17(22(28)14-26)10-16-8-9-24-20-5-3-2-4-18(16)20/h2-9,11-12,17,22,28H,10,13-14H2,1H3/t17-,22-/m1/s1. The highest BCUT2D eigenvalue weighted by Crippen LogP contribution is 2.27. The van der Waals surface area contributed by atoms with E-state index in [1.165, 1.54) is 0 Å². The molecule has 1 aliphatic rings. The third-order valence-electron chi connectivity index (χ3n) is 5.81. The Bertz CT molecular complexity index is 1210. The molecule has 29 heavy (non-hydrogen) atoms. The zero-order valence-electron chi connectivity index (χ0n) is 16.2. The molecule has 0 spiro atoms. The first kappa shape index (κ1) is 17.8. The summed E-state index contributed by atoms with van der Waals surface area (Å²) in [6.45, 7) is 2.86. The number of likely N-dealkylation sites (tertiary alicyclic amines) is 1. The SMILES string of the molecule is Cc1ccc2c(C(=O)N3C[C@@H](Cc4ccnc5ccccc45)[C@H](O)C3)cnn2c1. The van der Waals surface area contributed by atoms with Crippen LogP contribution in [0.15, 0.2) is 61.1 Å². The van der Waals surface area contributed by atoms with Crippen LogP contribution in [0.5, 0.6) is 0 Å². The van der Waals surface area contributed by atoms with Gasteiger partial charge in [0.15, 0.2) is 0 Å². The molecular weight excluding hydrogens is 364 g/mol. The number of aliphatic hydroxyl groups is 1. The maximum absolute atomic E-state index is 13.1. The molecule has 6 nitrogen and oxygen atoms in total. The van der Waals surface area contributed by atoms with Crippen molar-refractivity contribution in [2.75, 3.05) is 13.1 Å². The molecule has 5 rings (SSSR count). The van der Waals surface area contributed by atoms with Gasteiger partial charge >= 0.3 is 0 Å². The number of aryl methyl sites for hydroxylation is 1. The first-order valence-corrected chi connectivity index (χ1v) is 9.84. The van der Waals surface area contributed by atoms with Gasteiger partial charge in [0, 0.05) is 36.8 Å². The summed E-state index contributed by atoms with van der Waals surface area (Å²) in [5, 5.41) is 16.1. The van der Waals surface area contributed by atoms with Crippen molar-refractivity contribution in [3.05, 3.63) is 77.7 Å². The summed E-state index contributed by atoms with van der Waals surface area (Å²) in [7, 11) is 0. The van der Waals surface area contributed by atoms with Crippen molar-refractivity contribution in [3.63, 3.8) is 0 Å². The molecule has 2 atom stereocenters. The Balaban J connectivity index is 1.38. The number of para-hydroxylation sites is 1. The molecule has 1 fully saturated rings. The van der Waals surface area contributed by atoms with Crippen molar-refractivity contribution < 1.29 is 9.90 Å². The number of rotatable bonds is 3. The fraction of sp³-hybridized carbons (Fsp3) is 0.261. The van der Waals surface area contributed by atoms with E-state index in [1.54, 1.807) is 15.6 Å². The lowest BCUT2D eigenvalue weighted by Gasteiger charge is -2.16. The second-order valence-corrected chi connectivity index (χ2v) is 7.82. The van der Waals surface area contributed by atoms with Gasteiger partial charge in [0.05, 0.1) is 28.9 Å². The zero-order chi connectivity index (χ0) is 20.0. The Hall–Kier alpha value is -3.25. The van der Waals surface area contributed by atoms with Gasteiger partial charge in [-0.15, -0.1) is 0 Å². The van der Waals surface area contributed by atoms with Gasteiger partial charge in [0.25, 0.3) is 5.91 Å². The smallest absolute Gasteiger partial charge is 0.257 e. The van der Waals surface area contributed by atoms with Crippen molar-refractivity contribution in [3.8, 4) is 0 Å². The monoisotopic (exact) mass is 386 g/mol. The van der Waals surface area contributed by atoms with E-state index in [9.17, 15) is 9.90 Å². The molecule has 4 aromatic rings. The largest absolute Gasteiger partial charge is 0.391 e. The van der Waals surface area contributed by atoms with Crippen LogP contribution in [-0.4, -0.2) is 49.7 Å². The number of aliphatic hydroxyl groups excluding tert-OH is 1. The van der Waals surface area contributed by atoms with Crippen molar-refractivity contribution in [2.24, 2.45) is 5.92 Å². The Morgan fingerprint density at radius 1 is 1.17 bits per heavy atom. The van der Waals surface area contributed by atoms with Crippen LogP contribution in [0, 0.1) is 12.8 Å². The highest BCUT2D eigenvalue weighted by atomic mass is 16.3. The minimum Gasteiger partial charge on any atom is -0.391 e. The van der Waals surface area contributed by atoms with Gasteiger partial charge in [-0.25, -0.2) is 4.52 Å².